The normalized spacial score (nSPS) is 20.6. The Labute approximate surface area is 164 Å². The van der Waals surface area contributed by atoms with Crippen LogP contribution in [0.3, 0.4) is 0 Å². The Morgan fingerprint density at radius 3 is 2.86 bits per heavy atom. The lowest BCUT2D eigenvalue weighted by atomic mass is 10.1. The molecule has 8 nitrogen and oxygen atoms in total. The second-order valence-corrected chi connectivity index (χ2v) is 6.94. The first-order valence-electron chi connectivity index (χ1n) is 9.82. The minimum atomic E-state index is -0.320. The number of carbonyl (C=O) groups is 2. The summed E-state index contributed by atoms with van der Waals surface area (Å²) in [5.41, 5.74) is 0. The number of carbonyl (C=O) groups excluding carboxylic acids is 2. The van der Waals surface area contributed by atoms with E-state index in [1.165, 1.54) is 11.0 Å². The van der Waals surface area contributed by atoms with Crippen molar-refractivity contribution in [2.45, 2.75) is 38.6 Å². The highest BCUT2D eigenvalue weighted by Gasteiger charge is 2.27. The number of amides is 2. The van der Waals surface area contributed by atoms with Gasteiger partial charge in [0.15, 0.2) is 17.6 Å². The van der Waals surface area contributed by atoms with Gasteiger partial charge < -0.3 is 15.5 Å². The predicted octanol–water partition coefficient (Wildman–Crippen LogP) is 0.894. The average molecular weight is 390 g/mol. The van der Waals surface area contributed by atoms with Crippen LogP contribution in [0.1, 0.15) is 32.6 Å². The molecule has 1 aromatic heterocycles. The van der Waals surface area contributed by atoms with Crippen molar-refractivity contribution in [3.8, 4) is 0 Å². The molecular formula is C19H27FN6O2. The number of hydrogen-bond donors (Lipinski definition) is 2. The quantitative estimate of drug-likeness (QED) is 0.426. The van der Waals surface area contributed by atoms with Gasteiger partial charge in [-0.05, 0) is 31.9 Å². The van der Waals surface area contributed by atoms with E-state index in [0.717, 1.165) is 6.42 Å². The third-order valence-corrected chi connectivity index (χ3v) is 4.89. The first kappa shape index (κ1) is 20.0. The van der Waals surface area contributed by atoms with Crippen LogP contribution in [0, 0.1) is 5.82 Å². The Morgan fingerprint density at radius 2 is 2.14 bits per heavy atom. The van der Waals surface area contributed by atoms with Gasteiger partial charge in [0.2, 0.25) is 11.8 Å². The predicted molar refractivity (Wildman–Crippen MR) is 104 cm³/mol. The van der Waals surface area contributed by atoms with Gasteiger partial charge in [-0.2, -0.15) is 0 Å². The van der Waals surface area contributed by atoms with E-state index < -0.39 is 0 Å². The zero-order valence-electron chi connectivity index (χ0n) is 16.2. The number of pyridine rings is 1. The fraction of sp³-hybridized carbons (Fsp3) is 0.579. The molecule has 0 aromatic carbocycles. The summed E-state index contributed by atoms with van der Waals surface area (Å²) in [4.78, 5) is 35.6. The zero-order valence-corrected chi connectivity index (χ0v) is 16.2. The molecule has 3 heterocycles. The number of guanidine groups is 1. The van der Waals surface area contributed by atoms with E-state index in [1.54, 1.807) is 12.3 Å². The van der Waals surface area contributed by atoms with Crippen molar-refractivity contribution in [3.05, 3.63) is 24.1 Å². The zero-order chi connectivity index (χ0) is 19.9. The highest BCUT2D eigenvalue weighted by atomic mass is 19.1. The van der Waals surface area contributed by atoms with Crippen LogP contribution in [0.2, 0.25) is 0 Å². The molecule has 3 rings (SSSR count). The first-order chi connectivity index (χ1) is 13.6. The summed E-state index contributed by atoms with van der Waals surface area (Å²) in [6, 6.07) is 3.10. The van der Waals surface area contributed by atoms with E-state index in [-0.39, 0.29) is 23.7 Å². The van der Waals surface area contributed by atoms with Gasteiger partial charge in [-0.15, -0.1) is 0 Å². The van der Waals surface area contributed by atoms with Crippen LogP contribution in [0.25, 0.3) is 0 Å². The number of likely N-dealkylation sites (tertiary alicyclic amines) is 1. The third kappa shape index (κ3) is 4.96. The maximum atomic E-state index is 13.9. The number of halogens is 1. The molecule has 2 N–H and O–H groups in total. The monoisotopic (exact) mass is 390 g/mol. The molecule has 152 valence electrons. The molecule has 0 spiro atoms. The standard InChI is InChI=1S/C19H27FN6O2/c1-2-21-19(23-10-12-26-16(27)6-3-7-17(26)28)24-14-8-11-25(13-14)18-15(20)5-4-9-22-18/h4-5,9,14H,2-3,6-8,10-13H2,1H3,(H2,21,23,24). The number of hydrogen-bond acceptors (Lipinski definition) is 5. The number of imide groups is 1. The van der Waals surface area contributed by atoms with E-state index in [0.29, 0.717) is 63.8 Å². The van der Waals surface area contributed by atoms with E-state index in [4.69, 9.17) is 0 Å². The third-order valence-electron chi connectivity index (χ3n) is 4.89. The van der Waals surface area contributed by atoms with Gasteiger partial charge in [0.05, 0.1) is 6.54 Å². The number of nitrogens with zero attached hydrogens (tertiary/aromatic N) is 4. The number of anilines is 1. The lowest BCUT2D eigenvalue weighted by Gasteiger charge is -2.24. The smallest absolute Gasteiger partial charge is 0.229 e. The van der Waals surface area contributed by atoms with Crippen molar-refractivity contribution in [2.24, 2.45) is 4.99 Å². The number of rotatable bonds is 6. The molecule has 2 fully saturated rings. The summed E-state index contributed by atoms with van der Waals surface area (Å²) in [6.45, 7) is 4.64. The van der Waals surface area contributed by atoms with Crippen molar-refractivity contribution in [3.63, 3.8) is 0 Å². The lowest BCUT2D eigenvalue weighted by Crippen LogP contribution is -2.45. The maximum absolute atomic E-state index is 13.9. The van der Waals surface area contributed by atoms with Crippen LogP contribution in [0.15, 0.2) is 23.3 Å². The number of piperidine rings is 1. The van der Waals surface area contributed by atoms with Gasteiger partial charge in [-0.1, -0.05) is 0 Å². The molecule has 9 heteroatoms. The highest BCUT2D eigenvalue weighted by molar-refractivity contribution is 5.97. The molecule has 2 aliphatic heterocycles. The molecule has 0 aliphatic carbocycles. The van der Waals surface area contributed by atoms with Crippen molar-refractivity contribution < 1.29 is 14.0 Å². The van der Waals surface area contributed by atoms with E-state index in [1.807, 2.05) is 11.8 Å². The van der Waals surface area contributed by atoms with E-state index >= 15 is 0 Å². The van der Waals surface area contributed by atoms with Gasteiger partial charge >= 0.3 is 0 Å². The van der Waals surface area contributed by atoms with Crippen molar-refractivity contribution in [1.82, 2.24) is 20.5 Å². The fourth-order valence-corrected chi connectivity index (χ4v) is 3.50. The largest absolute Gasteiger partial charge is 0.357 e. The summed E-state index contributed by atoms with van der Waals surface area (Å²) in [7, 11) is 0. The summed E-state index contributed by atoms with van der Waals surface area (Å²) in [5.74, 6) is 0.449. The lowest BCUT2D eigenvalue weighted by molar-refractivity contribution is -0.147. The van der Waals surface area contributed by atoms with Gasteiger partial charge in [0, 0.05) is 51.3 Å². The second-order valence-electron chi connectivity index (χ2n) is 6.94. The second kappa shape index (κ2) is 9.48. The number of aliphatic imine (C=N–C) groups is 1. The van der Waals surface area contributed by atoms with Gasteiger partial charge in [0.25, 0.3) is 0 Å². The number of nitrogens with one attached hydrogen (secondary N) is 2. The van der Waals surface area contributed by atoms with Crippen molar-refractivity contribution in [2.75, 3.05) is 37.6 Å². The van der Waals surface area contributed by atoms with Crippen molar-refractivity contribution in [1.29, 1.82) is 0 Å². The fourth-order valence-electron chi connectivity index (χ4n) is 3.50. The van der Waals surface area contributed by atoms with Crippen LogP contribution >= 0.6 is 0 Å². The molecule has 0 saturated carbocycles. The Hall–Kier alpha value is -2.71. The molecule has 1 atom stereocenters. The van der Waals surface area contributed by atoms with Crippen LogP contribution < -0.4 is 15.5 Å². The Bertz CT molecular complexity index is 725. The first-order valence-corrected chi connectivity index (χ1v) is 9.82. The van der Waals surface area contributed by atoms with Gasteiger partial charge in [-0.3, -0.25) is 19.5 Å². The Kier molecular flexibility index (Phi) is 6.78. The minimum absolute atomic E-state index is 0.109. The molecule has 2 aliphatic rings. The van der Waals surface area contributed by atoms with Gasteiger partial charge in [-0.25, -0.2) is 9.37 Å². The van der Waals surface area contributed by atoms with Crippen LogP contribution in [-0.2, 0) is 9.59 Å². The van der Waals surface area contributed by atoms with Crippen molar-refractivity contribution >= 4 is 23.6 Å². The highest BCUT2D eigenvalue weighted by Crippen LogP contribution is 2.20. The Balaban J connectivity index is 1.54. The molecular weight excluding hydrogens is 363 g/mol. The molecule has 2 saturated heterocycles. The summed E-state index contributed by atoms with van der Waals surface area (Å²) >= 11 is 0. The van der Waals surface area contributed by atoms with E-state index in [2.05, 4.69) is 20.6 Å². The molecule has 1 aromatic rings. The SMILES string of the molecule is CCNC(=NCCN1C(=O)CCCC1=O)NC1CCN(c2ncccc2F)C1. The maximum Gasteiger partial charge on any atom is 0.229 e. The summed E-state index contributed by atoms with van der Waals surface area (Å²) in [5, 5.41) is 6.53. The molecule has 0 bridgehead atoms. The topological polar surface area (TPSA) is 89.9 Å². The molecule has 0 radical (unpaired) electrons. The minimum Gasteiger partial charge on any atom is -0.357 e. The average Bonchev–Trinajstić information content (AvgIpc) is 3.13. The van der Waals surface area contributed by atoms with E-state index in [9.17, 15) is 14.0 Å². The number of aromatic nitrogens is 1. The summed E-state index contributed by atoms with van der Waals surface area (Å²) < 4.78 is 13.9. The van der Waals surface area contributed by atoms with Crippen LogP contribution in [0.4, 0.5) is 10.2 Å². The molecule has 28 heavy (non-hydrogen) atoms. The van der Waals surface area contributed by atoms with Crippen LogP contribution in [-0.4, -0.2) is 66.4 Å². The van der Waals surface area contributed by atoms with Gasteiger partial charge in [0.1, 0.15) is 0 Å². The van der Waals surface area contributed by atoms with Crippen LogP contribution in [0.5, 0.6) is 0 Å². The molecule has 2 amide bonds. The summed E-state index contributed by atoms with van der Waals surface area (Å²) in [6.07, 6.45) is 3.92. The molecule has 1 unspecified atom stereocenters. The Morgan fingerprint density at radius 1 is 1.36 bits per heavy atom.